The van der Waals surface area contributed by atoms with Crippen molar-refractivity contribution in [3.63, 3.8) is 0 Å². The van der Waals surface area contributed by atoms with Crippen molar-refractivity contribution < 1.29 is 19.1 Å². The molecular formula is C28H28N4O4. The van der Waals surface area contributed by atoms with Crippen LogP contribution in [0.25, 0.3) is 0 Å². The zero-order valence-corrected chi connectivity index (χ0v) is 20.5. The van der Waals surface area contributed by atoms with Gasteiger partial charge in [-0.3, -0.25) is 9.59 Å². The topological polar surface area (TPSA) is 113 Å². The minimum absolute atomic E-state index is 0.00824. The molecule has 3 rings (SSSR count). The number of ether oxygens (including phenoxy) is 2. The number of anilines is 1. The molecule has 0 aliphatic heterocycles. The number of methoxy groups -OCH3 is 1. The Morgan fingerprint density at radius 2 is 1.78 bits per heavy atom. The summed E-state index contributed by atoms with van der Waals surface area (Å²) in [6.45, 7) is 4.09. The Balaban J connectivity index is 1.49. The van der Waals surface area contributed by atoms with Gasteiger partial charge in [-0.05, 0) is 60.9 Å². The summed E-state index contributed by atoms with van der Waals surface area (Å²) in [5.74, 6) is 0.398. The van der Waals surface area contributed by atoms with Gasteiger partial charge in [0, 0.05) is 24.1 Å². The van der Waals surface area contributed by atoms with E-state index in [4.69, 9.17) is 9.47 Å². The summed E-state index contributed by atoms with van der Waals surface area (Å²) in [5.41, 5.74) is 7.19. The standard InChI is InChI=1S/C28H28N4O4/c1-19-8-9-20(2)24(14-19)31-27(33)12-13-28(34)32-30-17-21-10-11-25(26(15-21)35-3)36-18-23-7-5-4-6-22(23)16-29/h4-11,14-15,17H,12-13,18H2,1-3H3,(H,31,33)(H,32,34). The Kier molecular flexibility index (Phi) is 9.18. The highest BCUT2D eigenvalue weighted by molar-refractivity contribution is 5.94. The first-order valence-corrected chi connectivity index (χ1v) is 11.4. The molecule has 0 saturated carbocycles. The molecule has 0 aromatic heterocycles. The van der Waals surface area contributed by atoms with Gasteiger partial charge in [0.05, 0.1) is 25.0 Å². The summed E-state index contributed by atoms with van der Waals surface area (Å²) in [6.07, 6.45) is 1.53. The van der Waals surface area contributed by atoms with Gasteiger partial charge in [-0.2, -0.15) is 10.4 Å². The van der Waals surface area contributed by atoms with Crippen molar-refractivity contribution in [2.75, 3.05) is 12.4 Å². The number of nitrogens with zero attached hydrogens (tertiary/aromatic N) is 2. The molecule has 0 heterocycles. The highest BCUT2D eigenvalue weighted by atomic mass is 16.5. The average Bonchev–Trinajstić information content (AvgIpc) is 2.88. The second-order valence-corrected chi connectivity index (χ2v) is 8.13. The first-order valence-electron chi connectivity index (χ1n) is 11.4. The van der Waals surface area contributed by atoms with Crippen LogP contribution in [0.5, 0.6) is 11.5 Å². The van der Waals surface area contributed by atoms with E-state index in [1.54, 1.807) is 30.3 Å². The lowest BCUT2D eigenvalue weighted by molar-refractivity contribution is -0.124. The number of amides is 2. The monoisotopic (exact) mass is 484 g/mol. The molecule has 0 bridgehead atoms. The normalized spacial score (nSPS) is 10.5. The third-order valence-corrected chi connectivity index (χ3v) is 5.36. The highest BCUT2D eigenvalue weighted by Crippen LogP contribution is 2.28. The van der Waals surface area contributed by atoms with E-state index < -0.39 is 0 Å². The molecule has 0 atom stereocenters. The Morgan fingerprint density at radius 1 is 1.00 bits per heavy atom. The number of benzene rings is 3. The van der Waals surface area contributed by atoms with Crippen LogP contribution in [-0.2, 0) is 16.2 Å². The summed E-state index contributed by atoms with van der Waals surface area (Å²) in [5, 5.41) is 16.0. The van der Waals surface area contributed by atoms with Crippen LogP contribution >= 0.6 is 0 Å². The lowest BCUT2D eigenvalue weighted by Crippen LogP contribution is -2.21. The van der Waals surface area contributed by atoms with Crippen molar-refractivity contribution >= 4 is 23.7 Å². The van der Waals surface area contributed by atoms with Crippen LogP contribution < -0.4 is 20.2 Å². The fraction of sp³-hybridized carbons (Fsp3) is 0.214. The van der Waals surface area contributed by atoms with E-state index in [2.05, 4.69) is 21.9 Å². The van der Waals surface area contributed by atoms with Crippen molar-refractivity contribution in [2.45, 2.75) is 33.3 Å². The van der Waals surface area contributed by atoms with Gasteiger partial charge in [0.25, 0.3) is 0 Å². The van der Waals surface area contributed by atoms with Crippen molar-refractivity contribution in [3.05, 3.63) is 88.5 Å². The predicted molar refractivity (Wildman–Crippen MR) is 138 cm³/mol. The molecule has 0 fully saturated rings. The van der Waals surface area contributed by atoms with E-state index in [0.717, 1.165) is 22.4 Å². The fourth-order valence-electron chi connectivity index (χ4n) is 3.34. The van der Waals surface area contributed by atoms with E-state index in [0.29, 0.717) is 22.6 Å². The van der Waals surface area contributed by atoms with Crippen LogP contribution in [0.1, 0.15) is 40.7 Å². The fourth-order valence-corrected chi connectivity index (χ4v) is 3.34. The van der Waals surface area contributed by atoms with Crippen LogP contribution in [0.4, 0.5) is 5.69 Å². The van der Waals surface area contributed by atoms with Gasteiger partial charge < -0.3 is 14.8 Å². The number of carbonyl (C=O) groups is 2. The van der Waals surface area contributed by atoms with E-state index in [1.807, 2.05) is 44.2 Å². The van der Waals surface area contributed by atoms with Gasteiger partial charge in [-0.25, -0.2) is 5.43 Å². The number of nitriles is 1. The van der Waals surface area contributed by atoms with Crippen molar-refractivity contribution in [1.29, 1.82) is 5.26 Å². The molecule has 8 heteroatoms. The average molecular weight is 485 g/mol. The summed E-state index contributed by atoms with van der Waals surface area (Å²) in [7, 11) is 1.53. The van der Waals surface area contributed by atoms with E-state index >= 15 is 0 Å². The van der Waals surface area contributed by atoms with E-state index in [9.17, 15) is 14.9 Å². The van der Waals surface area contributed by atoms with Gasteiger partial charge in [0.2, 0.25) is 11.8 Å². The highest BCUT2D eigenvalue weighted by Gasteiger charge is 2.10. The molecular weight excluding hydrogens is 456 g/mol. The Bertz CT molecular complexity index is 1310. The van der Waals surface area contributed by atoms with E-state index in [-0.39, 0.29) is 31.3 Å². The lowest BCUT2D eigenvalue weighted by atomic mass is 10.1. The molecule has 0 saturated heterocycles. The molecule has 0 unspecified atom stereocenters. The molecule has 8 nitrogen and oxygen atoms in total. The minimum atomic E-state index is -0.370. The van der Waals surface area contributed by atoms with Crippen LogP contribution in [0.15, 0.2) is 65.8 Å². The second kappa shape index (κ2) is 12.7. The van der Waals surface area contributed by atoms with Crippen LogP contribution in [0, 0.1) is 25.2 Å². The van der Waals surface area contributed by atoms with Crippen molar-refractivity contribution in [3.8, 4) is 17.6 Å². The maximum Gasteiger partial charge on any atom is 0.240 e. The number of hydrogen-bond donors (Lipinski definition) is 2. The van der Waals surface area contributed by atoms with Gasteiger partial charge >= 0.3 is 0 Å². The third kappa shape index (κ3) is 7.43. The van der Waals surface area contributed by atoms with Crippen LogP contribution in [0.3, 0.4) is 0 Å². The number of aryl methyl sites for hydroxylation is 2. The summed E-state index contributed by atoms with van der Waals surface area (Å²) in [4.78, 5) is 24.3. The Labute approximate surface area is 210 Å². The first-order chi connectivity index (χ1) is 17.4. The maximum atomic E-state index is 12.2. The Hall–Kier alpha value is -4.64. The molecule has 0 aliphatic rings. The molecule has 0 spiro atoms. The number of hydrazone groups is 1. The SMILES string of the molecule is COc1cc(C=NNC(=O)CCC(=O)Nc2cc(C)ccc2C)ccc1OCc1ccccc1C#N. The molecule has 2 amide bonds. The summed E-state index contributed by atoms with van der Waals surface area (Å²) >= 11 is 0. The largest absolute Gasteiger partial charge is 0.493 e. The molecule has 3 aromatic carbocycles. The van der Waals surface area contributed by atoms with Gasteiger partial charge in [-0.1, -0.05) is 30.3 Å². The van der Waals surface area contributed by atoms with E-state index in [1.165, 1.54) is 13.3 Å². The first kappa shape index (κ1) is 26.0. The molecule has 184 valence electrons. The number of rotatable bonds is 10. The van der Waals surface area contributed by atoms with Crippen LogP contribution in [0.2, 0.25) is 0 Å². The molecule has 3 aromatic rings. The number of nitrogens with one attached hydrogen (secondary N) is 2. The van der Waals surface area contributed by atoms with Crippen molar-refractivity contribution in [2.24, 2.45) is 5.10 Å². The second-order valence-electron chi connectivity index (χ2n) is 8.13. The lowest BCUT2D eigenvalue weighted by Gasteiger charge is -2.12. The maximum absolute atomic E-state index is 12.2. The van der Waals surface area contributed by atoms with Crippen molar-refractivity contribution in [1.82, 2.24) is 5.43 Å². The molecule has 0 aliphatic carbocycles. The third-order valence-electron chi connectivity index (χ3n) is 5.36. The minimum Gasteiger partial charge on any atom is -0.493 e. The smallest absolute Gasteiger partial charge is 0.240 e. The molecule has 36 heavy (non-hydrogen) atoms. The summed E-state index contributed by atoms with van der Waals surface area (Å²) < 4.78 is 11.2. The van der Waals surface area contributed by atoms with Gasteiger partial charge in [0.15, 0.2) is 11.5 Å². The zero-order chi connectivity index (χ0) is 25.9. The zero-order valence-electron chi connectivity index (χ0n) is 20.5. The summed E-state index contributed by atoms with van der Waals surface area (Å²) in [6, 6.07) is 20.4. The van der Waals surface area contributed by atoms with Crippen LogP contribution in [-0.4, -0.2) is 25.1 Å². The van der Waals surface area contributed by atoms with Gasteiger partial charge in [0.1, 0.15) is 6.61 Å². The molecule has 0 radical (unpaired) electrons. The predicted octanol–water partition coefficient (Wildman–Crippen LogP) is 4.63. The number of carbonyl (C=O) groups excluding carboxylic acids is 2. The quantitative estimate of drug-likeness (QED) is 0.322. The number of hydrogen-bond acceptors (Lipinski definition) is 6. The Morgan fingerprint density at radius 3 is 2.56 bits per heavy atom. The van der Waals surface area contributed by atoms with Gasteiger partial charge in [-0.15, -0.1) is 0 Å². The molecule has 2 N–H and O–H groups in total.